The molecule has 11 aliphatic heterocycles. The van der Waals surface area contributed by atoms with Crippen LogP contribution in [0.4, 0.5) is 0 Å². The summed E-state index contributed by atoms with van der Waals surface area (Å²) in [6, 6.07) is 0. The van der Waals surface area contributed by atoms with Crippen LogP contribution in [0.3, 0.4) is 0 Å². The van der Waals surface area contributed by atoms with Gasteiger partial charge >= 0.3 is 20.8 Å². The molecule has 430 valence electrons. The number of ether oxygens (including phenoxy) is 11. The highest BCUT2D eigenvalue weighted by Crippen LogP contribution is 2.54. The SMILES string of the molecule is C=CC=CC(C)(O)C1OC2CC3OC4CC5OC6CC7OC8CC9OC%10CC%11OC(C)(CCCOS(=O)(=O)O)C(OS(=O)(=O)O)CC%11OC%10CC9OC8CCC7(C)OC6(C)CCC(C)C5OC4C(O)C3(C)OC2CC1=C. The van der Waals surface area contributed by atoms with E-state index in [1.807, 2.05) is 6.92 Å². The number of fused-ring (bicyclic) bond motifs is 10. The van der Waals surface area contributed by atoms with E-state index in [1.54, 1.807) is 32.1 Å². The zero-order chi connectivity index (χ0) is 54.1. The molecule has 11 fully saturated rings. The Bertz CT molecular complexity index is 2440. The van der Waals surface area contributed by atoms with E-state index in [0.29, 0.717) is 63.4 Å². The molecule has 26 atom stereocenters. The maximum atomic E-state index is 12.3. The third-order valence-corrected chi connectivity index (χ3v) is 20.3. The summed E-state index contributed by atoms with van der Waals surface area (Å²) in [5, 5.41) is 23.7. The van der Waals surface area contributed by atoms with Crippen LogP contribution in [0.25, 0.3) is 0 Å². The Kier molecular flexibility index (Phi) is 15.1. The maximum Gasteiger partial charge on any atom is 0.397 e. The van der Waals surface area contributed by atoms with Crippen molar-refractivity contribution in [3.8, 4) is 0 Å². The van der Waals surface area contributed by atoms with Gasteiger partial charge in [0, 0.05) is 44.9 Å². The fourth-order valence-electron chi connectivity index (χ4n) is 15.2. The highest BCUT2D eigenvalue weighted by molar-refractivity contribution is 7.81. The lowest BCUT2D eigenvalue weighted by Crippen LogP contribution is -2.74. The molecule has 4 N–H and O–H groups in total. The minimum Gasteiger partial charge on any atom is -0.387 e. The number of hydrogen-bond donors (Lipinski definition) is 4. The van der Waals surface area contributed by atoms with Gasteiger partial charge in [0.25, 0.3) is 0 Å². The summed E-state index contributed by atoms with van der Waals surface area (Å²) in [6.07, 6.45) is 1.96. The number of aliphatic hydroxyl groups is 2. The molecule has 23 heteroatoms. The normalized spacial score (nSPS) is 52.1. The van der Waals surface area contributed by atoms with Crippen LogP contribution in [0.15, 0.2) is 37.0 Å². The van der Waals surface area contributed by atoms with Crippen LogP contribution >= 0.6 is 0 Å². The molecule has 11 saturated heterocycles. The minimum atomic E-state index is -4.90. The van der Waals surface area contributed by atoms with E-state index >= 15 is 0 Å². The summed E-state index contributed by atoms with van der Waals surface area (Å²) in [7, 11) is -9.59. The van der Waals surface area contributed by atoms with E-state index in [9.17, 15) is 31.6 Å². The first-order valence-corrected chi connectivity index (χ1v) is 30.3. The molecule has 76 heavy (non-hydrogen) atoms. The zero-order valence-corrected chi connectivity index (χ0v) is 46.1. The Morgan fingerprint density at radius 2 is 1.24 bits per heavy atom. The van der Waals surface area contributed by atoms with Crippen molar-refractivity contribution >= 4 is 20.8 Å². The Morgan fingerprint density at radius 1 is 0.671 bits per heavy atom. The second-order valence-electron chi connectivity index (χ2n) is 25.0. The topological polar surface area (TPSA) is 269 Å². The molecule has 0 spiro atoms. The lowest BCUT2D eigenvalue weighted by Gasteiger charge is -2.61. The van der Waals surface area contributed by atoms with Crippen molar-refractivity contribution in [3.05, 3.63) is 37.0 Å². The third kappa shape index (κ3) is 10.8. The second kappa shape index (κ2) is 20.4. The summed E-state index contributed by atoms with van der Waals surface area (Å²) in [6.45, 7) is 19.3. The van der Waals surface area contributed by atoms with E-state index in [4.69, 9.17) is 60.8 Å². The molecular weight excluding hydrogens is 1040 g/mol. The van der Waals surface area contributed by atoms with E-state index in [-0.39, 0.29) is 92.8 Å². The number of rotatable bonds is 10. The standard InChI is InChI=1S/C53H80O21S2/c1-9-10-14-49(4,55)48-28(3)19-37-36(69-48)25-44-53(8,72-37)47(54)46-40(68-44)23-39-45(70-46)27(2)12-16-51(6)42(67-39)26-41-52(7,74-51)17-13-29-30(66-41)20-32-31(63-29)21-33-34(64-32)22-38-35(65-33)24-43(73-76(59,60)61)50(5,71-38)15-11-18-62-75(56,57)58/h9-10,14,27,29-48,54-55H,1,3,11-13,15-26H2,2,4-8H3,(H,56,57,58)(H,59,60,61). The van der Waals surface area contributed by atoms with Crippen molar-refractivity contribution in [2.75, 3.05) is 6.61 Å². The van der Waals surface area contributed by atoms with Gasteiger partial charge in [-0.3, -0.25) is 9.11 Å². The fourth-order valence-corrected chi connectivity index (χ4v) is 16.2. The number of hydrogen-bond acceptors (Lipinski definition) is 19. The highest BCUT2D eigenvalue weighted by atomic mass is 32.3. The molecule has 0 aromatic heterocycles. The first-order chi connectivity index (χ1) is 35.6. The van der Waals surface area contributed by atoms with Gasteiger partial charge in [0.2, 0.25) is 0 Å². The smallest absolute Gasteiger partial charge is 0.387 e. The molecule has 11 aliphatic rings. The molecule has 0 aromatic carbocycles. The lowest BCUT2D eigenvalue weighted by atomic mass is 9.73. The highest BCUT2D eigenvalue weighted by Gasteiger charge is 2.65. The second-order valence-corrected chi connectivity index (χ2v) is 27.1. The predicted octanol–water partition coefficient (Wildman–Crippen LogP) is 4.50. The molecule has 0 radical (unpaired) electrons. The van der Waals surface area contributed by atoms with Crippen LogP contribution < -0.4 is 0 Å². The van der Waals surface area contributed by atoms with Crippen LogP contribution in [0, 0.1) is 5.92 Å². The molecule has 0 saturated carbocycles. The predicted molar refractivity (Wildman–Crippen MR) is 267 cm³/mol. The van der Waals surface area contributed by atoms with Crippen LogP contribution in [0.2, 0.25) is 0 Å². The van der Waals surface area contributed by atoms with E-state index in [0.717, 1.165) is 12.8 Å². The van der Waals surface area contributed by atoms with Crippen molar-refractivity contribution in [2.24, 2.45) is 5.92 Å². The van der Waals surface area contributed by atoms with Gasteiger partial charge in [-0.05, 0) is 91.1 Å². The van der Waals surface area contributed by atoms with Gasteiger partial charge in [-0.1, -0.05) is 38.3 Å². The number of aliphatic hydroxyl groups excluding tert-OH is 1. The van der Waals surface area contributed by atoms with Crippen molar-refractivity contribution < 1.29 is 96.6 Å². The molecule has 11 rings (SSSR count). The maximum absolute atomic E-state index is 12.3. The van der Waals surface area contributed by atoms with Gasteiger partial charge in [-0.2, -0.15) is 16.8 Å². The van der Waals surface area contributed by atoms with Gasteiger partial charge in [-0.15, -0.1) is 0 Å². The molecule has 26 unspecified atom stereocenters. The van der Waals surface area contributed by atoms with Crippen molar-refractivity contribution in [1.82, 2.24) is 0 Å². The van der Waals surface area contributed by atoms with Crippen molar-refractivity contribution in [2.45, 2.75) is 282 Å². The molecular formula is C53H80O21S2. The van der Waals surface area contributed by atoms with Crippen LogP contribution in [0.1, 0.15) is 131 Å². The van der Waals surface area contributed by atoms with Crippen LogP contribution in [0.5, 0.6) is 0 Å². The number of allylic oxidation sites excluding steroid dienone is 2. The average Bonchev–Trinajstić information content (AvgIpc) is 3.51. The van der Waals surface area contributed by atoms with Gasteiger partial charge < -0.3 is 62.3 Å². The van der Waals surface area contributed by atoms with Gasteiger partial charge in [-0.25, -0.2) is 8.37 Å². The van der Waals surface area contributed by atoms with Crippen LogP contribution in [-0.2, 0) is 81.3 Å². The summed E-state index contributed by atoms with van der Waals surface area (Å²) >= 11 is 0. The van der Waals surface area contributed by atoms with E-state index in [2.05, 4.69) is 38.1 Å². The molecule has 21 nitrogen and oxygen atoms in total. The molecule has 0 bridgehead atoms. The fraction of sp³-hybridized carbons (Fsp3) is 0.887. The van der Waals surface area contributed by atoms with Gasteiger partial charge in [0.05, 0.1) is 121 Å². The van der Waals surface area contributed by atoms with E-state index in [1.165, 1.54) is 0 Å². The molecule has 0 amide bonds. The third-order valence-electron chi connectivity index (χ3n) is 19.4. The Morgan fingerprint density at radius 3 is 1.89 bits per heavy atom. The first kappa shape index (κ1) is 56.3. The monoisotopic (exact) mass is 1120 g/mol. The quantitative estimate of drug-likeness (QED) is 0.101. The molecule has 11 heterocycles. The average molecular weight is 1120 g/mol. The van der Waals surface area contributed by atoms with Crippen molar-refractivity contribution in [3.63, 3.8) is 0 Å². The first-order valence-electron chi connectivity index (χ1n) is 27.6. The molecule has 0 aromatic rings. The largest absolute Gasteiger partial charge is 0.397 e. The Balaban J connectivity index is 0.750. The summed E-state index contributed by atoms with van der Waals surface area (Å²) < 4.78 is 151. The summed E-state index contributed by atoms with van der Waals surface area (Å²) in [5.41, 5.74) is -4.27. The Labute approximate surface area is 446 Å². The van der Waals surface area contributed by atoms with Crippen LogP contribution in [-0.4, -0.2) is 193 Å². The Hall–Kier alpha value is -1.56. The van der Waals surface area contributed by atoms with Gasteiger partial charge in [0.15, 0.2) is 0 Å². The zero-order valence-electron chi connectivity index (χ0n) is 44.4. The molecule has 0 aliphatic carbocycles. The summed E-state index contributed by atoms with van der Waals surface area (Å²) in [4.78, 5) is 0. The summed E-state index contributed by atoms with van der Waals surface area (Å²) in [5.74, 6) is 0.0759. The minimum absolute atomic E-state index is 0.0634. The lowest BCUT2D eigenvalue weighted by molar-refractivity contribution is -0.369. The van der Waals surface area contributed by atoms with Gasteiger partial charge in [0.1, 0.15) is 35.6 Å². The van der Waals surface area contributed by atoms with E-state index < -0.39 is 110 Å². The van der Waals surface area contributed by atoms with Crippen molar-refractivity contribution in [1.29, 1.82) is 0 Å².